The molecule has 27 heavy (non-hydrogen) atoms. The second-order valence-electron chi connectivity index (χ2n) is 6.58. The minimum Gasteiger partial charge on any atom is -0.493 e. The number of hydrogen-bond donors (Lipinski definition) is 1. The second-order valence-corrected chi connectivity index (χ2v) is 6.58. The van der Waals surface area contributed by atoms with Gasteiger partial charge in [0.15, 0.2) is 23.1 Å². The molecule has 0 unspecified atom stereocenters. The fraction of sp³-hybridized carbons (Fsp3) is 0.450. The van der Waals surface area contributed by atoms with E-state index < -0.39 is 0 Å². The van der Waals surface area contributed by atoms with Crippen LogP contribution in [0, 0.1) is 0 Å². The van der Waals surface area contributed by atoms with Crippen molar-refractivity contribution in [2.24, 2.45) is 0 Å². The van der Waals surface area contributed by atoms with Crippen LogP contribution in [0.25, 0.3) is 0 Å². The number of unbranched alkanes of at least 4 members (excludes halogenated alkanes) is 1. The van der Waals surface area contributed by atoms with E-state index in [-0.39, 0.29) is 5.91 Å². The van der Waals surface area contributed by atoms with Gasteiger partial charge in [-0.05, 0) is 48.2 Å². The van der Waals surface area contributed by atoms with Gasteiger partial charge in [-0.1, -0.05) is 13.3 Å². The Morgan fingerprint density at radius 1 is 1.15 bits per heavy atom. The summed E-state index contributed by atoms with van der Waals surface area (Å²) >= 11 is 0. The first-order valence-electron chi connectivity index (χ1n) is 9.27. The number of rotatable bonds is 7. The van der Waals surface area contributed by atoms with Crippen molar-refractivity contribution in [3.63, 3.8) is 0 Å². The number of nitrogens with one attached hydrogen (secondary N) is 1. The van der Waals surface area contributed by atoms with Crippen molar-refractivity contribution in [2.75, 3.05) is 31.0 Å². The average Bonchev–Trinajstić information content (AvgIpc) is 2.71. The molecule has 1 aliphatic rings. The molecule has 0 bridgehead atoms. The van der Waals surface area contributed by atoms with Crippen LogP contribution in [-0.4, -0.2) is 36.9 Å². The van der Waals surface area contributed by atoms with Crippen LogP contribution in [0.3, 0.4) is 0 Å². The van der Waals surface area contributed by atoms with Crippen molar-refractivity contribution < 1.29 is 14.3 Å². The van der Waals surface area contributed by atoms with E-state index in [2.05, 4.69) is 27.3 Å². The van der Waals surface area contributed by atoms with Crippen LogP contribution in [0.1, 0.15) is 37.3 Å². The number of amides is 1. The normalized spacial score (nSPS) is 13.1. The molecule has 0 spiro atoms. The van der Waals surface area contributed by atoms with Gasteiger partial charge in [-0.2, -0.15) is 0 Å². The molecule has 0 aliphatic carbocycles. The summed E-state index contributed by atoms with van der Waals surface area (Å²) in [6.45, 7) is 3.64. The standard InChI is InChI=1S/C20H26N4O3/c1-4-5-6-20(25)21-18-7-8-19(23-22-18)24-10-9-14-11-16(26-2)17(27-3)12-15(14)13-24/h7-8,11-12H,4-6,9-10,13H2,1-3H3,(H,21,22,25). The summed E-state index contributed by atoms with van der Waals surface area (Å²) in [5.74, 6) is 2.75. The first-order valence-corrected chi connectivity index (χ1v) is 9.27. The Morgan fingerprint density at radius 2 is 1.89 bits per heavy atom. The van der Waals surface area contributed by atoms with Crippen LogP contribution in [0.5, 0.6) is 11.5 Å². The van der Waals surface area contributed by atoms with Gasteiger partial charge in [-0.15, -0.1) is 10.2 Å². The fourth-order valence-electron chi connectivity index (χ4n) is 3.18. The van der Waals surface area contributed by atoms with Gasteiger partial charge in [0, 0.05) is 19.5 Å². The lowest BCUT2D eigenvalue weighted by molar-refractivity contribution is -0.116. The van der Waals surface area contributed by atoms with Crippen LogP contribution < -0.4 is 19.7 Å². The number of carbonyl (C=O) groups is 1. The second kappa shape index (κ2) is 8.70. The zero-order chi connectivity index (χ0) is 19.2. The number of ether oxygens (including phenoxy) is 2. The van der Waals surface area contributed by atoms with E-state index in [1.807, 2.05) is 18.2 Å². The molecule has 7 nitrogen and oxygen atoms in total. The van der Waals surface area contributed by atoms with Gasteiger partial charge in [-0.25, -0.2) is 0 Å². The number of methoxy groups -OCH3 is 2. The van der Waals surface area contributed by atoms with E-state index in [0.29, 0.717) is 12.2 Å². The number of nitrogens with zero attached hydrogens (tertiary/aromatic N) is 3. The van der Waals surface area contributed by atoms with E-state index >= 15 is 0 Å². The van der Waals surface area contributed by atoms with Gasteiger partial charge in [0.25, 0.3) is 0 Å². The molecule has 1 aromatic carbocycles. The smallest absolute Gasteiger partial charge is 0.225 e. The maximum atomic E-state index is 11.8. The number of benzene rings is 1. The lowest BCUT2D eigenvalue weighted by Crippen LogP contribution is -2.31. The van der Waals surface area contributed by atoms with Gasteiger partial charge in [0.1, 0.15) is 0 Å². The predicted octanol–water partition coefficient (Wildman–Crippen LogP) is 3.19. The quantitative estimate of drug-likeness (QED) is 0.807. The van der Waals surface area contributed by atoms with Crippen LogP contribution in [0.15, 0.2) is 24.3 Å². The molecule has 2 heterocycles. The zero-order valence-electron chi connectivity index (χ0n) is 16.1. The first-order chi connectivity index (χ1) is 13.1. The van der Waals surface area contributed by atoms with Crippen molar-refractivity contribution in [1.29, 1.82) is 0 Å². The highest BCUT2D eigenvalue weighted by atomic mass is 16.5. The highest BCUT2D eigenvalue weighted by molar-refractivity contribution is 5.89. The molecule has 0 saturated heterocycles. The molecule has 1 N–H and O–H groups in total. The van der Waals surface area contributed by atoms with Crippen molar-refractivity contribution in [2.45, 2.75) is 39.2 Å². The highest BCUT2D eigenvalue weighted by Crippen LogP contribution is 2.34. The Balaban J connectivity index is 1.69. The van der Waals surface area contributed by atoms with Crippen molar-refractivity contribution in [3.8, 4) is 11.5 Å². The molecule has 0 atom stereocenters. The number of carbonyl (C=O) groups excluding carboxylic acids is 1. The summed E-state index contributed by atoms with van der Waals surface area (Å²) in [6, 6.07) is 7.77. The Bertz CT molecular complexity index is 793. The largest absolute Gasteiger partial charge is 0.493 e. The van der Waals surface area contributed by atoms with E-state index in [4.69, 9.17) is 9.47 Å². The molecular weight excluding hydrogens is 344 g/mol. The SMILES string of the molecule is CCCCC(=O)Nc1ccc(N2CCc3cc(OC)c(OC)cc3C2)nn1. The molecule has 0 saturated carbocycles. The Kier molecular flexibility index (Phi) is 6.11. The summed E-state index contributed by atoms with van der Waals surface area (Å²) in [5.41, 5.74) is 2.45. The summed E-state index contributed by atoms with van der Waals surface area (Å²) in [7, 11) is 3.29. The van der Waals surface area contributed by atoms with Crippen LogP contribution in [0.4, 0.5) is 11.6 Å². The van der Waals surface area contributed by atoms with Crippen molar-refractivity contribution >= 4 is 17.5 Å². The number of anilines is 2. The maximum absolute atomic E-state index is 11.8. The number of hydrogen-bond acceptors (Lipinski definition) is 6. The van der Waals surface area contributed by atoms with Crippen LogP contribution in [0.2, 0.25) is 0 Å². The van der Waals surface area contributed by atoms with Crippen LogP contribution >= 0.6 is 0 Å². The molecule has 144 valence electrons. The Labute approximate surface area is 159 Å². The zero-order valence-corrected chi connectivity index (χ0v) is 16.1. The van der Waals surface area contributed by atoms with E-state index in [1.165, 1.54) is 11.1 Å². The lowest BCUT2D eigenvalue weighted by atomic mass is 9.99. The lowest BCUT2D eigenvalue weighted by Gasteiger charge is -2.30. The topological polar surface area (TPSA) is 76.6 Å². The number of aromatic nitrogens is 2. The minimum atomic E-state index is -0.0214. The molecule has 2 aromatic rings. The Hall–Kier alpha value is -2.83. The monoisotopic (exact) mass is 370 g/mol. The fourth-order valence-corrected chi connectivity index (χ4v) is 3.18. The first kappa shape index (κ1) is 18.9. The Morgan fingerprint density at radius 3 is 2.52 bits per heavy atom. The number of fused-ring (bicyclic) bond motifs is 1. The van der Waals surface area contributed by atoms with Gasteiger partial charge in [0.05, 0.1) is 14.2 Å². The molecule has 0 radical (unpaired) electrons. The molecule has 3 rings (SSSR count). The average molecular weight is 370 g/mol. The molecule has 1 aromatic heterocycles. The van der Waals surface area contributed by atoms with Gasteiger partial charge >= 0.3 is 0 Å². The van der Waals surface area contributed by atoms with Gasteiger partial charge in [0.2, 0.25) is 5.91 Å². The third kappa shape index (κ3) is 4.48. The summed E-state index contributed by atoms with van der Waals surface area (Å²) in [4.78, 5) is 14.0. The predicted molar refractivity (Wildman–Crippen MR) is 104 cm³/mol. The van der Waals surface area contributed by atoms with E-state index in [1.54, 1.807) is 20.3 Å². The third-order valence-corrected chi connectivity index (χ3v) is 4.72. The van der Waals surface area contributed by atoms with Crippen molar-refractivity contribution in [3.05, 3.63) is 35.4 Å². The van der Waals surface area contributed by atoms with Crippen LogP contribution in [-0.2, 0) is 17.8 Å². The maximum Gasteiger partial charge on any atom is 0.225 e. The molecule has 0 fully saturated rings. The summed E-state index contributed by atoms with van der Waals surface area (Å²) < 4.78 is 10.8. The molecule has 7 heteroatoms. The molecule has 1 amide bonds. The van der Waals surface area contributed by atoms with Gasteiger partial charge < -0.3 is 19.7 Å². The van der Waals surface area contributed by atoms with Gasteiger partial charge in [-0.3, -0.25) is 4.79 Å². The van der Waals surface area contributed by atoms with E-state index in [0.717, 1.165) is 49.7 Å². The van der Waals surface area contributed by atoms with E-state index in [9.17, 15) is 4.79 Å². The highest BCUT2D eigenvalue weighted by Gasteiger charge is 2.20. The molecule has 1 aliphatic heterocycles. The summed E-state index contributed by atoms with van der Waals surface area (Å²) in [5, 5.41) is 11.2. The van der Waals surface area contributed by atoms with Crippen molar-refractivity contribution in [1.82, 2.24) is 10.2 Å². The third-order valence-electron chi connectivity index (χ3n) is 4.72. The molecular formula is C20H26N4O3. The summed E-state index contributed by atoms with van der Waals surface area (Å²) in [6.07, 6.45) is 3.27. The minimum absolute atomic E-state index is 0.0214.